The molecule has 3 aliphatic rings. The van der Waals surface area contributed by atoms with Crippen LogP contribution in [0.3, 0.4) is 0 Å². The van der Waals surface area contributed by atoms with E-state index in [1.165, 1.54) is 202 Å². The monoisotopic (exact) mass is 1210 g/mol. The van der Waals surface area contributed by atoms with Crippen LogP contribution in [-0.4, -0.2) is 4.57 Å². The van der Waals surface area contributed by atoms with Crippen molar-refractivity contribution in [3.05, 3.63) is 319 Å². The predicted octanol–water partition coefficient (Wildman–Crippen LogP) is 25.3. The number of hydrogen-bond acceptors (Lipinski definition) is 0. The predicted molar refractivity (Wildman–Crippen MR) is 394 cm³/mol. The van der Waals surface area contributed by atoms with Gasteiger partial charge in [-0.2, -0.15) is 0 Å². The molecule has 1 aromatic heterocycles. The fourth-order valence-electron chi connectivity index (χ4n) is 16.6. The van der Waals surface area contributed by atoms with Crippen LogP contribution in [0.25, 0.3) is 191 Å². The van der Waals surface area contributed by atoms with Gasteiger partial charge in [-0.1, -0.05) is 277 Å². The van der Waals surface area contributed by atoms with Crippen LogP contribution in [0.1, 0.15) is 11.1 Å². The van der Waals surface area contributed by atoms with Gasteiger partial charge in [-0.25, -0.2) is 0 Å². The highest BCUT2D eigenvalue weighted by atomic mass is 79.9. The average Bonchev–Trinajstić information content (AvgIpc) is 1.58. The van der Waals surface area contributed by atoms with E-state index in [-0.39, 0.29) is 0 Å². The fourth-order valence-corrected chi connectivity index (χ4v) is 17.0. The molecular weight excluding hydrogens is 1160 g/mol. The van der Waals surface area contributed by atoms with Crippen LogP contribution in [-0.2, 0) is 6.42 Å². The summed E-state index contributed by atoms with van der Waals surface area (Å²) in [6.07, 6.45) is 1.03. The lowest BCUT2D eigenvalue weighted by atomic mass is 9.92. The molecule has 0 spiro atoms. The van der Waals surface area contributed by atoms with Crippen molar-refractivity contribution in [1.82, 2.24) is 4.57 Å². The Labute approximate surface area is 533 Å². The lowest BCUT2D eigenvalue weighted by Gasteiger charge is -2.15. The Kier molecular flexibility index (Phi) is 10.8. The molecule has 0 saturated carbocycles. The maximum absolute atomic E-state index is 3.58. The maximum atomic E-state index is 3.58. The molecule has 1 nitrogen and oxygen atoms in total. The van der Waals surface area contributed by atoms with Crippen LogP contribution in [0, 0.1) is 0 Å². The second-order valence-electron chi connectivity index (χ2n) is 24.9. The van der Waals surface area contributed by atoms with Gasteiger partial charge in [-0.15, -0.1) is 0 Å². The molecule has 0 fully saturated rings. The largest absolute Gasteiger partial charge is 0.309 e. The molecular formula is C89H52BrN. The molecule has 19 aromatic rings. The van der Waals surface area contributed by atoms with Crippen LogP contribution >= 0.6 is 15.9 Å². The Morgan fingerprint density at radius 2 is 0.659 bits per heavy atom. The van der Waals surface area contributed by atoms with Crippen molar-refractivity contribution in [2.75, 3.05) is 0 Å². The Hall–Kier alpha value is -11.2. The van der Waals surface area contributed by atoms with Gasteiger partial charge in [0.05, 0.1) is 11.0 Å². The normalized spacial score (nSPS) is 12.4. The van der Waals surface area contributed by atoms with E-state index < -0.39 is 0 Å². The molecule has 1 heterocycles. The molecule has 0 unspecified atom stereocenters. The van der Waals surface area contributed by atoms with Gasteiger partial charge >= 0.3 is 0 Å². The molecule has 0 aliphatic heterocycles. The van der Waals surface area contributed by atoms with Gasteiger partial charge in [0.2, 0.25) is 0 Å². The van der Waals surface area contributed by atoms with Crippen molar-refractivity contribution in [2.24, 2.45) is 0 Å². The summed E-state index contributed by atoms with van der Waals surface area (Å²) in [5.41, 5.74) is 20.4. The molecule has 18 aromatic carbocycles. The number of hydrogen-bond donors (Lipinski definition) is 0. The first-order valence-corrected chi connectivity index (χ1v) is 32.4. The van der Waals surface area contributed by atoms with Gasteiger partial charge in [0.1, 0.15) is 0 Å². The first-order chi connectivity index (χ1) is 45.1. The Morgan fingerprint density at radius 3 is 1.25 bits per heavy atom. The minimum absolute atomic E-state index is 1.03. The highest BCUT2D eigenvalue weighted by molar-refractivity contribution is 9.10. The molecule has 0 radical (unpaired) electrons. The van der Waals surface area contributed by atoms with Crippen molar-refractivity contribution in [2.45, 2.75) is 6.42 Å². The lowest BCUT2D eigenvalue weighted by Crippen LogP contribution is -1.95. The molecule has 0 amide bonds. The van der Waals surface area contributed by atoms with E-state index in [9.17, 15) is 0 Å². The summed E-state index contributed by atoms with van der Waals surface area (Å²) in [5.74, 6) is 0. The number of benzene rings is 18. The summed E-state index contributed by atoms with van der Waals surface area (Å²) in [7, 11) is 0. The van der Waals surface area contributed by atoms with E-state index in [1.54, 1.807) is 0 Å². The van der Waals surface area contributed by atoms with Crippen molar-refractivity contribution < 1.29 is 0 Å². The van der Waals surface area contributed by atoms with E-state index in [0.717, 1.165) is 10.9 Å². The van der Waals surface area contributed by atoms with E-state index in [2.05, 4.69) is 324 Å². The number of rotatable bonds is 1. The van der Waals surface area contributed by atoms with Gasteiger partial charge in [0.15, 0.2) is 0 Å². The van der Waals surface area contributed by atoms with Crippen molar-refractivity contribution in [3.8, 4) is 61.3 Å². The lowest BCUT2D eigenvalue weighted by molar-refractivity contribution is 1.19. The summed E-state index contributed by atoms with van der Waals surface area (Å²) in [6.45, 7) is 0. The van der Waals surface area contributed by atoms with Gasteiger partial charge in [0, 0.05) is 26.3 Å². The molecule has 91 heavy (non-hydrogen) atoms. The van der Waals surface area contributed by atoms with Crippen molar-refractivity contribution in [3.63, 3.8) is 0 Å². The topological polar surface area (TPSA) is 4.93 Å². The maximum Gasteiger partial charge on any atom is 0.0620 e. The van der Waals surface area contributed by atoms with Crippen molar-refractivity contribution >= 4 is 145 Å². The summed E-state index contributed by atoms with van der Waals surface area (Å²) >= 11 is 3.58. The van der Waals surface area contributed by atoms with Crippen LogP contribution in [0.2, 0.25) is 0 Å². The summed E-state index contributed by atoms with van der Waals surface area (Å²) in [5, 5.41) is 29.1. The van der Waals surface area contributed by atoms with Gasteiger partial charge in [-0.05, 0) is 218 Å². The van der Waals surface area contributed by atoms with E-state index >= 15 is 0 Å². The second kappa shape index (κ2) is 19.4. The summed E-state index contributed by atoms with van der Waals surface area (Å²) in [4.78, 5) is 0. The molecule has 0 N–H and O–H groups in total. The fraction of sp³-hybridized carbons (Fsp3) is 0.0112. The van der Waals surface area contributed by atoms with Crippen LogP contribution in [0.5, 0.6) is 0 Å². The number of fused-ring (bicyclic) bond motifs is 30. The molecule has 0 bridgehead atoms. The van der Waals surface area contributed by atoms with E-state index in [4.69, 9.17) is 0 Å². The van der Waals surface area contributed by atoms with Crippen LogP contribution in [0.4, 0.5) is 0 Å². The smallest absolute Gasteiger partial charge is 0.0620 e. The van der Waals surface area contributed by atoms with E-state index in [0.29, 0.717) is 0 Å². The zero-order valence-corrected chi connectivity index (χ0v) is 51.0. The molecule has 3 aliphatic carbocycles. The molecule has 0 saturated heterocycles. The minimum atomic E-state index is 1.03. The van der Waals surface area contributed by atoms with E-state index in [1.807, 2.05) is 0 Å². The van der Waals surface area contributed by atoms with Crippen LogP contribution in [0.15, 0.2) is 308 Å². The number of aromatic nitrogens is 1. The first kappa shape index (κ1) is 50.8. The minimum Gasteiger partial charge on any atom is -0.309 e. The number of nitrogens with zero attached hydrogens (tertiary/aromatic N) is 1. The Balaban J connectivity index is 0.000000106. The third-order valence-electron chi connectivity index (χ3n) is 20.4. The van der Waals surface area contributed by atoms with Crippen molar-refractivity contribution in [1.29, 1.82) is 0 Å². The third-order valence-corrected chi connectivity index (χ3v) is 20.9. The third kappa shape index (κ3) is 7.28. The molecule has 420 valence electrons. The van der Waals surface area contributed by atoms with Gasteiger partial charge < -0.3 is 4.57 Å². The number of halogens is 1. The molecule has 2 heteroatoms. The zero-order chi connectivity index (χ0) is 59.6. The molecule has 0 atom stereocenters. The highest BCUT2D eigenvalue weighted by Gasteiger charge is 2.30. The average molecular weight is 1220 g/mol. The zero-order valence-electron chi connectivity index (χ0n) is 49.4. The Morgan fingerprint density at radius 1 is 0.242 bits per heavy atom. The Bertz CT molecular complexity index is 6370. The summed E-state index contributed by atoms with van der Waals surface area (Å²) < 4.78 is 3.66. The first-order valence-electron chi connectivity index (χ1n) is 31.6. The standard InChI is InChI=1S/C44H25N.C27H16.C18H11Br/c1-2-11-28-26(10-1)20-23-41-43(28)40-25-39-34-17-8-6-15-32(34)36-18-9-19-37(42(36)39)44(40)45(41)27-21-22-35-31-14-4-3-12-29(31)30-13-5-7-16-33(30)38(35)24-27;1-2-7-18-16(6-1)12-13-17-14-23-22-11-5-10-21-19-8-3-4-9-20(19)24(27(21)22)15-25(23)26(17)18;19-12-9-10-17-15-7-2-1-5-13(15)14-6-3-4-8-16(14)18(17)11-12/h1-25H;1-13,15H,14H2;1-11H. The quantitative estimate of drug-likeness (QED) is 0.144. The van der Waals surface area contributed by atoms with Gasteiger partial charge in [-0.3, -0.25) is 0 Å². The second-order valence-corrected chi connectivity index (χ2v) is 25.8. The SMILES string of the molecule is Brc1ccc2c3ccccc3c3ccccc3c2c1.c1ccc2c(c1)-c1cccc3c1c-2cc1c2c4ccccc4ccc2n(-c2ccc4c5ccccc5c5ccccc5c4c2)c31.c1ccc2c(c1)-c1cccc3c4c(cc-2c13)-c1c(ccc2ccccc12)C4. The van der Waals surface area contributed by atoms with Gasteiger partial charge in [0.25, 0.3) is 0 Å². The molecule has 22 rings (SSSR count). The summed E-state index contributed by atoms with van der Waals surface area (Å²) in [6, 6.07) is 112. The highest BCUT2D eigenvalue weighted by Crippen LogP contribution is 2.55. The van der Waals surface area contributed by atoms with Crippen LogP contribution < -0.4 is 0 Å².